The Bertz CT molecular complexity index is 803. The maximum atomic E-state index is 12.1. The predicted octanol–water partition coefficient (Wildman–Crippen LogP) is 2.09. The molecule has 148 valence electrons. The summed E-state index contributed by atoms with van der Waals surface area (Å²) in [7, 11) is 0. The number of imidazole rings is 1. The molecule has 3 rings (SSSR count). The molecule has 0 atom stereocenters. The number of nitrogens with one attached hydrogen (secondary N) is 1. The number of fused-ring (bicyclic) bond motifs is 1. The molecule has 0 spiro atoms. The molecule has 0 bridgehead atoms. The van der Waals surface area contributed by atoms with Crippen molar-refractivity contribution in [2.45, 2.75) is 19.6 Å². The first-order valence-corrected chi connectivity index (χ1v) is 8.51. The van der Waals surface area contributed by atoms with Gasteiger partial charge in [0.25, 0.3) is 5.91 Å². The third-order valence-corrected chi connectivity index (χ3v) is 4.25. The number of aromatic nitrogens is 2. The number of ether oxygens (including phenoxy) is 2. The number of hydrogen-bond donors (Lipinski definition) is 2. The summed E-state index contributed by atoms with van der Waals surface area (Å²) in [5.74, 6) is -0.717. The number of aliphatic carboxylic acids is 1. The first kappa shape index (κ1) is 20.6. The van der Waals surface area contributed by atoms with Crippen molar-refractivity contribution >= 4 is 23.2 Å². The molecule has 0 aliphatic carbocycles. The first-order valence-electron chi connectivity index (χ1n) is 7.63. The Kier molecular flexibility index (Phi) is 6.66. The molecule has 0 fully saturated rings. The monoisotopic (exact) mass is 407 g/mol. The zero-order chi connectivity index (χ0) is 20.0. The second-order valence-corrected chi connectivity index (χ2v) is 6.06. The van der Waals surface area contributed by atoms with Gasteiger partial charge in [-0.05, 0) is 6.92 Å². The molecule has 0 aromatic carbocycles. The van der Waals surface area contributed by atoms with E-state index in [9.17, 15) is 18.0 Å². The Morgan fingerprint density at radius 2 is 2.04 bits per heavy atom. The minimum atomic E-state index is -5.08. The molecule has 27 heavy (non-hydrogen) atoms. The molecule has 1 aliphatic rings. The van der Waals surface area contributed by atoms with Crippen LogP contribution >= 0.6 is 11.3 Å². The first-order chi connectivity index (χ1) is 12.7. The number of carboxylic acid groups (broad SMARTS) is 1. The van der Waals surface area contributed by atoms with E-state index in [1.807, 2.05) is 23.1 Å². The van der Waals surface area contributed by atoms with Crippen molar-refractivity contribution in [1.82, 2.24) is 14.9 Å². The molecule has 1 aliphatic heterocycles. The molecule has 0 saturated carbocycles. The molecule has 2 N–H and O–H groups in total. The summed E-state index contributed by atoms with van der Waals surface area (Å²) in [4.78, 5) is 25.7. The molecule has 12 heteroatoms. The summed E-state index contributed by atoms with van der Waals surface area (Å²) in [6.45, 7) is 4.19. The van der Waals surface area contributed by atoms with Gasteiger partial charge in [-0.1, -0.05) is 0 Å². The van der Waals surface area contributed by atoms with E-state index in [0.717, 1.165) is 5.82 Å². The van der Waals surface area contributed by atoms with Crippen LogP contribution in [0.5, 0.6) is 11.5 Å². The third-order valence-electron chi connectivity index (χ3n) is 3.31. The molecule has 0 saturated heterocycles. The number of nitrogens with zero attached hydrogens (tertiary/aromatic N) is 2. The van der Waals surface area contributed by atoms with Crippen LogP contribution in [0.25, 0.3) is 0 Å². The number of amides is 1. The van der Waals surface area contributed by atoms with Crippen LogP contribution in [0, 0.1) is 6.92 Å². The van der Waals surface area contributed by atoms with Crippen LogP contribution < -0.4 is 14.8 Å². The molecular weight excluding hydrogens is 391 g/mol. The normalized spacial score (nSPS) is 12.7. The van der Waals surface area contributed by atoms with E-state index in [1.54, 1.807) is 6.20 Å². The van der Waals surface area contributed by atoms with Crippen LogP contribution in [0.4, 0.5) is 13.2 Å². The van der Waals surface area contributed by atoms with Crippen molar-refractivity contribution in [2.75, 3.05) is 19.8 Å². The van der Waals surface area contributed by atoms with E-state index in [1.165, 1.54) is 11.3 Å². The number of rotatable bonds is 4. The number of aryl methyl sites for hydroxylation is 1. The molecule has 1 amide bonds. The van der Waals surface area contributed by atoms with E-state index in [2.05, 4.69) is 10.3 Å². The van der Waals surface area contributed by atoms with Crippen molar-refractivity contribution in [1.29, 1.82) is 0 Å². The SMILES string of the molecule is Cc1nccn1CCNC(=O)c1scc2c1OCCO2.O=C(O)C(F)(F)F. The van der Waals surface area contributed by atoms with Gasteiger partial charge in [-0.2, -0.15) is 13.2 Å². The number of hydrogen-bond acceptors (Lipinski definition) is 6. The van der Waals surface area contributed by atoms with E-state index < -0.39 is 12.1 Å². The Hall–Kier alpha value is -2.76. The van der Waals surface area contributed by atoms with Crippen LogP contribution in [0.1, 0.15) is 15.5 Å². The fourth-order valence-corrected chi connectivity index (χ4v) is 2.88. The quantitative estimate of drug-likeness (QED) is 0.805. The molecule has 0 radical (unpaired) electrons. The third kappa shape index (κ3) is 5.61. The topological polar surface area (TPSA) is 103 Å². The number of carboxylic acids is 1. The van der Waals surface area contributed by atoms with E-state index in [-0.39, 0.29) is 5.91 Å². The highest BCUT2D eigenvalue weighted by Crippen LogP contribution is 2.39. The molecule has 2 aromatic rings. The maximum Gasteiger partial charge on any atom is 0.490 e. The van der Waals surface area contributed by atoms with Gasteiger partial charge in [-0.15, -0.1) is 11.3 Å². The fraction of sp³-hybridized carbons (Fsp3) is 0.400. The lowest BCUT2D eigenvalue weighted by atomic mass is 10.3. The van der Waals surface area contributed by atoms with Crippen molar-refractivity contribution in [3.63, 3.8) is 0 Å². The number of halogens is 3. The van der Waals surface area contributed by atoms with Gasteiger partial charge >= 0.3 is 12.1 Å². The van der Waals surface area contributed by atoms with Gasteiger partial charge in [0.1, 0.15) is 23.9 Å². The molecule has 8 nitrogen and oxygen atoms in total. The number of carbonyl (C=O) groups excluding carboxylic acids is 1. The minimum Gasteiger partial charge on any atom is -0.485 e. The standard InChI is InChI=1S/C13H15N3O3S.C2HF3O2/c1-9-14-2-4-16(9)5-3-15-13(17)12-11-10(8-20-12)18-6-7-19-11;3-2(4,5)1(6)7/h2,4,8H,3,5-7H2,1H3,(H,15,17);(H,6,7). The average Bonchev–Trinajstić information content (AvgIpc) is 3.21. The summed E-state index contributed by atoms with van der Waals surface area (Å²) in [5.41, 5.74) is 0. The van der Waals surface area contributed by atoms with Gasteiger partial charge in [0.05, 0.1) is 0 Å². The number of alkyl halides is 3. The van der Waals surface area contributed by atoms with Gasteiger partial charge in [0.15, 0.2) is 11.5 Å². The highest BCUT2D eigenvalue weighted by atomic mass is 32.1. The molecule has 2 aromatic heterocycles. The second kappa shape index (κ2) is 8.75. The van der Waals surface area contributed by atoms with Crippen molar-refractivity contribution in [2.24, 2.45) is 0 Å². The van der Waals surface area contributed by atoms with E-state index in [0.29, 0.717) is 42.7 Å². The Labute approximate surface area is 155 Å². The van der Waals surface area contributed by atoms with E-state index in [4.69, 9.17) is 19.4 Å². The molecule has 3 heterocycles. The summed E-state index contributed by atoms with van der Waals surface area (Å²) in [6.07, 6.45) is -1.44. The fourth-order valence-electron chi connectivity index (χ4n) is 2.03. The maximum absolute atomic E-state index is 12.1. The van der Waals surface area contributed by atoms with Gasteiger partial charge in [0.2, 0.25) is 0 Å². The van der Waals surface area contributed by atoms with Crippen LogP contribution in [0.15, 0.2) is 17.8 Å². The second-order valence-electron chi connectivity index (χ2n) is 5.18. The number of thiophene rings is 1. The minimum absolute atomic E-state index is 0.125. The predicted molar refractivity (Wildman–Crippen MR) is 88.3 cm³/mol. The van der Waals surface area contributed by atoms with Crippen molar-refractivity contribution in [3.8, 4) is 11.5 Å². The lowest BCUT2D eigenvalue weighted by Gasteiger charge is -2.15. The van der Waals surface area contributed by atoms with Crippen LogP contribution in [0.3, 0.4) is 0 Å². The summed E-state index contributed by atoms with van der Waals surface area (Å²) < 4.78 is 44.6. The van der Waals surface area contributed by atoms with Gasteiger partial charge in [-0.3, -0.25) is 4.79 Å². The van der Waals surface area contributed by atoms with Gasteiger partial charge < -0.3 is 24.5 Å². The molecular formula is C15H16F3N3O5S. The lowest BCUT2D eigenvalue weighted by Crippen LogP contribution is -2.27. The van der Waals surface area contributed by atoms with E-state index >= 15 is 0 Å². The van der Waals surface area contributed by atoms with Crippen LogP contribution in [-0.2, 0) is 11.3 Å². The van der Waals surface area contributed by atoms with Crippen molar-refractivity contribution in [3.05, 3.63) is 28.5 Å². The van der Waals surface area contributed by atoms with Gasteiger partial charge in [-0.25, -0.2) is 9.78 Å². The average molecular weight is 407 g/mol. The number of carbonyl (C=O) groups is 2. The Morgan fingerprint density at radius 1 is 1.37 bits per heavy atom. The Morgan fingerprint density at radius 3 is 2.63 bits per heavy atom. The summed E-state index contributed by atoms with van der Waals surface area (Å²) >= 11 is 1.34. The van der Waals surface area contributed by atoms with Crippen LogP contribution in [0.2, 0.25) is 0 Å². The lowest BCUT2D eigenvalue weighted by molar-refractivity contribution is -0.192. The van der Waals surface area contributed by atoms with Crippen molar-refractivity contribution < 1.29 is 37.3 Å². The Balaban J connectivity index is 0.000000321. The highest BCUT2D eigenvalue weighted by Gasteiger charge is 2.38. The molecule has 0 unspecified atom stereocenters. The zero-order valence-corrected chi connectivity index (χ0v) is 14.9. The highest BCUT2D eigenvalue weighted by molar-refractivity contribution is 7.12. The summed E-state index contributed by atoms with van der Waals surface area (Å²) in [6, 6.07) is 0. The smallest absolute Gasteiger partial charge is 0.485 e. The summed E-state index contributed by atoms with van der Waals surface area (Å²) in [5, 5.41) is 11.8. The zero-order valence-electron chi connectivity index (χ0n) is 14.1. The largest absolute Gasteiger partial charge is 0.490 e. The van der Waals surface area contributed by atoms with Gasteiger partial charge in [0, 0.05) is 30.9 Å². The van der Waals surface area contributed by atoms with Crippen LogP contribution in [-0.4, -0.2) is 52.5 Å².